The molecule has 0 aliphatic carbocycles. The van der Waals surface area contributed by atoms with Crippen LogP contribution in [0.25, 0.3) is 11.1 Å². The number of amides is 2. The van der Waals surface area contributed by atoms with Crippen LogP contribution < -0.4 is 10.1 Å². The van der Waals surface area contributed by atoms with Crippen molar-refractivity contribution in [3.8, 4) is 16.9 Å². The Labute approximate surface area is 216 Å². The van der Waals surface area contributed by atoms with Crippen molar-refractivity contribution >= 4 is 33.4 Å². The second-order valence-corrected chi connectivity index (χ2v) is 10.4. The highest BCUT2D eigenvalue weighted by molar-refractivity contribution is 7.90. The van der Waals surface area contributed by atoms with E-state index in [9.17, 15) is 18.0 Å². The molecule has 0 heterocycles. The van der Waals surface area contributed by atoms with Crippen LogP contribution in [0.1, 0.15) is 25.3 Å². The van der Waals surface area contributed by atoms with Gasteiger partial charge in [0.15, 0.2) is 15.9 Å². The third kappa shape index (κ3) is 6.95. The van der Waals surface area contributed by atoms with Gasteiger partial charge in [0.1, 0.15) is 11.6 Å². The van der Waals surface area contributed by atoms with Crippen LogP contribution in [-0.2, 0) is 14.6 Å². The van der Waals surface area contributed by atoms with Gasteiger partial charge < -0.3 is 15.2 Å². The standard InChI is InChI=1S/C27H29N3O6S/c1-4-8-23(36-21-10-7-9-19(17-21)25(28)30(2)27(32)33)26(31)29-20-15-13-18(14-16-20)22-11-5-6-12-24(22)37(3,34)35/h5-7,9-17,23,28H,4,8H2,1-3H3,(H,29,31)(H,32,33)/t23-/m0/s1. The van der Waals surface area contributed by atoms with E-state index in [2.05, 4.69) is 5.32 Å². The van der Waals surface area contributed by atoms with Crippen LogP contribution >= 0.6 is 0 Å². The van der Waals surface area contributed by atoms with Crippen LogP contribution in [0.15, 0.2) is 77.7 Å². The van der Waals surface area contributed by atoms with E-state index in [1.165, 1.54) is 13.1 Å². The maximum absolute atomic E-state index is 13.0. The average molecular weight is 524 g/mol. The topological polar surface area (TPSA) is 137 Å². The second kappa shape index (κ2) is 11.7. The normalized spacial score (nSPS) is 11.9. The predicted molar refractivity (Wildman–Crippen MR) is 142 cm³/mol. The lowest BCUT2D eigenvalue weighted by Gasteiger charge is -2.20. The number of carbonyl (C=O) groups excluding carboxylic acids is 1. The molecule has 0 aliphatic rings. The molecule has 0 bridgehead atoms. The molecule has 0 saturated carbocycles. The first-order chi connectivity index (χ1) is 17.5. The van der Waals surface area contributed by atoms with Gasteiger partial charge in [-0.15, -0.1) is 0 Å². The summed E-state index contributed by atoms with van der Waals surface area (Å²) in [4.78, 5) is 25.2. The van der Waals surface area contributed by atoms with E-state index >= 15 is 0 Å². The number of carbonyl (C=O) groups is 2. The minimum Gasteiger partial charge on any atom is -0.481 e. The van der Waals surface area contributed by atoms with Crippen molar-refractivity contribution in [3.05, 3.63) is 78.4 Å². The summed E-state index contributed by atoms with van der Waals surface area (Å²) in [5.74, 6) is -0.247. The van der Waals surface area contributed by atoms with Crippen LogP contribution in [0.3, 0.4) is 0 Å². The predicted octanol–water partition coefficient (Wildman–Crippen LogP) is 4.88. The zero-order chi connectivity index (χ0) is 27.2. The minimum atomic E-state index is -3.41. The van der Waals surface area contributed by atoms with Crippen LogP contribution in [0.5, 0.6) is 5.75 Å². The van der Waals surface area contributed by atoms with Crippen molar-refractivity contribution < 1.29 is 27.9 Å². The molecule has 10 heteroatoms. The Bertz CT molecular complexity index is 1400. The molecule has 3 N–H and O–H groups in total. The summed E-state index contributed by atoms with van der Waals surface area (Å²) in [7, 11) is -2.13. The second-order valence-electron chi connectivity index (χ2n) is 8.45. The molecule has 3 aromatic rings. The number of rotatable bonds is 9. The Balaban J connectivity index is 1.76. The van der Waals surface area contributed by atoms with Gasteiger partial charge >= 0.3 is 6.09 Å². The molecule has 0 saturated heterocycles. The molecule has 0 spiro atoms. The Morgan fingerprint density at radius 1 is 1.05 bits per heavy atom. The molecule has 3 rings (SSSR count). The van der Waals surface area contributed by atoms with Gasteiger partial charge in [0.25, 0.3) is 5.91 Å². The van der Waals surface area contributed by atoms with Crippen LogP contribution in [0, 0.1) is 5.41 Å². The number of nitrogens with one attached hydrogen (secondary N) is 2. The number of sulfone groups is 1. The summed E-state index contributed by atoms with van der Waals surface area (Å²) >= 11 is 0. The average Bonchev–Trinajstić information content (AvgIpc) is 2.87. The summed E-state index contributed by atoms with van der Waals surface area (Å²) in [5.41, 5.74) is 2.14. The van der Waals surface area contributed by atoms with Crippen molar-refractivity contribution in [1.82, 2.24) is 4.90 Å². The highest BCUT2D eigenvalue weighted by Gasteiger charge is 2.21. The van der Waals surface area contributed by atoms with Crippen LogP contribution in [0.2, 0.25) is 0 Å². The molecule has 2 amide bonds. The third-order valence-corrected chi connectivity index (χ3v) is 6.76. The highest BCUT2D eigenvalue weighted by Crippen LogP contribution is 2.28. The summed E-state index contributed by atoms with van der Waals surface area (Å²) in [6, 6.07) is 20.0. The molecular formula is C27H29N3O6S. The zero-order valence-corrected chi connectivity index (χ0v) is 21.6. The van der Waals surface area contributed by atoms with Crippen LogP contribution in [-0.4, -0.2) is 55.7 Å². The van der Waals surface area contributed by atoms with Gasteiger partial charge in [0, 0.05) is 30.1 Å². The van der Waals surface area contributed by atoms with E-state index in [1.54, 1.807) is 66.7 Å². The number of carboxylic acid groups (broad SMARTS) is 1. The van der Waals surface area contributed by atoms with Gasteiger partial charge in [-0.3, -0.25) is 15.1 Å². The monoisotopic (exact) mass is 523 g/mol. The van der Waals surface area contributed by atoms with Crippen molar-refractivity contribution in [2.75, 3.05) is 18.6 Å². The number of hydrogen-bond donors (Lipinski definition) is 3. The molecule has 0 aromatic heterocycles. The Kier molecular flexibility index (Phi) is 8.67. The van der Waals surface area contributed by atoms with E-state index < -0.39 is 22.0 Å². The first kappa shape index (κ1) is 27.4. The fourth-order valence-electron chi connectivity index (χ4n) is 3.66. The van der Waals surface area contributed by atoms with Crippen molar-refractivity contribution in [2.45, 2.75) is 30.8 Å². The maximum Gasteiger partial charge on any atom is 0.412 e. The summed E-state index contributed by atoms with van der Waals surface area (Å²) in [6.45, 7) is 1.92. The number of hydrogen-bond acceptors (Lipinski definition) is 6. The molecular weight excluding hydrogens is 494 g/mol. The number of benzene rings is 3. The smallest absolute Gasteiger partial charge is 0.412 e. The molecule has 0 radical (unpaired) electrons. The Hall–Kier alpha value is -4.18. The molecule has 0 unspecified atom stereocenters. The fraction of sp³-hybridized carbons (Fsp3) is 0.222. The van der Waals surface area contributed by atoms with E-state index in [1.807, 2.05) is 6.92 Å². The van der Waals surface area contributed by atoms with Gasteiger partial charge in [-0.05, 0) is 42.3 Å². The lowest BCUT2D eigenvalue weighted by molar-refractivity contribution is -0.123. The summed E-state index contributed by atoms with van der Waals surface area (Å²) in [6.07, 6.45) is 0.193. The van der Waals surface area contributed by atoms with Gasteiger partial charge in [-0.1, -0.05) is 55.8 Å². The maximum atomic E-state index is 13.0. The number of amidine groups is 1. The zero-order valence-electron chi connectivity index (χ0n) is 20.8. The molecule has 1 atom stereocenters. The lowest BCUT2D eigenvalue weighted by Crippen LogP contribution is -2.33. The first-order valence-electron chi connectivity index (χ1n) is 11.5. The fourth-order valence-corrected chi connectivity index (χ4v) is 4.57. The summed E-state index contributed by atoms with van der Waals surface area (Å²) < 4.78 is 30.2. The van der Waals surface area contributed by atoms with Gasteiger partial charge in [-0.2, -0.15) is 0 Å². The third-order valence-electron chi connectivity index (χ3n) is 5.60. The summed E-state index contributed by atoms with van der Waals surface area (Å²) in [5, 5.41) is 20.0. The molecule has 37 heavy (non-hydrogen) atoms. The van der Waals surface area contributed by atoms with Crippen molar-refractivity contribution in [1.29, 1.82) is 5.41 Å². The van der Waals surface area contributed by atoms with Crippen molar-refractivity contribution in [3.63, 3.8) is 0 Å². The van der Waals surface area contributed by atoms with Gasteiger partial charge in [0.2, 0.25) is 0 Å². The SMILES string of the molecule is CCC[C@H](Oc1cccc(C(=N)N(C)C(=O)O)c1)C(=O)Nc1ccc(-c2ccccc2S(C)(=O)=O)cc1. The molecule has 3 aromatic carbocycles. The molecule has 9 nitrogen and oxygen atoms in total. The number of ether oxygens (including phenoxy) is 1. The molecule has 0 fully saturated rings. The highest BCUT2D eigenvalue weighted by atomic mass is 32.2. The van der Waals surface area contributed by atoms with Crippen LogP contribution in [0.4, 0.5) is 10.5 Å². The quantitative estimate of drug-likeness (QED) is 0.270. The Morgan fingerprint density at radius 2 is 1.73 bits per heavy atom. The molecule has 0 aliphatic heterocycles. The van der Waals surface area contributed by atoms with E-state index in [0.29, 0.717) is 41.0 Å². The Morgan fingerprint density at radius 3 is 2.35 bits per heavy atom. The number of nitrogens with zero attached hydrogens (tertiary/aromatic N) is 1. The van der Waals surface area contributed by atoms with E-state index in [4.69, 9.17) is 15.3 Å². The largest absolute Gasteiger partial charge is 0.481 e. The first-order valence-corrected chi connectivity index (χ1v) is 13.4. The van der Waals surface area contributed by atoms with Gasteiger partial charge in [0.05, 0.1) is 4.90 Å². The lowest BCUT2D eigenvalue weighted by atomic mass is 10.1. The van der Waals surface area contributed by atoms with E-state index in [0.717, 1.165) is 11.2 Å². The van der Waals surface area contributed by atoms with E-state index in [-0.39, 0.29) is 16.6 Å². The van der Waals surface area contributed by atoms with Crippen molar-refractivity contribution in [2.24, 2.45) is 0 Å². The minimum absolute atomic E-state index is 0.216. The number of anilines is 1. The van der Waals surface area contributed by atoms with Gasteiger partial charge in [-0.25, -0.2) is 13.2 Å². The molecule has 194 valence electrons.